The van der Waals surface area contributed by atoms with Crippen LogP contribution in [0.25, 0.3) is 0 Å². The van der Waals surface area contributed by atoms with Gasteiger partial charge in [0.05, 0.1) is 11.6 Å². The zero-order valence-corrected chi connectivity index (χ0v) is 13.0. The SMILES string of the molecule is Cc1cccc(C#CCNC(=O)OCc2ccccc2)c1Cl. The lowest BCUT2D eigenvalue weighted by Crippen LogP contribution is -2.24. The molecule has 0 saturated heterocycles. The van der Waals surface area contributed by atoms with Crippen molar-refractivity contribution < 1.29 is 9.53 Å². The first-order valence-corrected chi connectivity index (χ1v) is 7.23. The van der Waals surface area contributed by atoms with Crippen LogP contribution in [-0.4, -0.2) is 12.6 Å². The van der Waals surface area contributed by atoms with Gasteiger partial charge in [-0.1, -0.05) is 65.9 Å². The first kappa shape index (κ1) is 15.9. The lowest BCUT2D eigenvalue weighted by atomic mass is 10.1. The Morgan fingerprint density at radius 2 is 1.95 bits per heavy atom. The Hall–Kier alpha value is -2.44. The average Bonchev–Trinajstić information content (AvgIpc) is 2.54. The van der Waals surface area contributed by atoms with E-state index in [0.717, 1.165) is 16.7 Å². The van der Waals surface area contributed by atoms with Gasteiger partial charge in [0.2, 0.25) is 0 Å². The van der Waals surface area contributed by atoms with Crippen LogP contribution in [0.4, 0.5) is 4.79 Å². The number of ether oxygens (including phenoxy) is 1. The van der Waals surface area contributed by atoms with Gasteiger partial charge in [-0.2, -0.15) is 0 Å². The van der Waals surface area contributed by atoms with Crippen molar-refractivity contribution in [2.75, 3.05) is 6.54 Å². The van der Waals surface area contributed by atoms with E-state index in [0.29, 0.717) is 5.02 Å². The summed E-state index contributed by atoms with van der Waals surface area (Å²) in [5, 5.41) is 3.22. The number of amides is 1. The van der Waals surface area contributed by atoms with Gasteiger partial charge in [-0.25, -0.2) is 4.79 Å². The van der Waals surface area contributed by atoms with Gasteiger partial charge in [-0.3, -0.25) is 0 Å². The molecule has 4 heteroatoms. The summed E-state index contributed by atoms with van der Waals surface area (Å²) in [6.07, 6.45) is -0.492. The van der Waals surface area contributed by atoms with Crippen LogP contribution in [0, 0.1) is 18.8 Å². The molecule has 0 bridgehead atoms. The lowest BCUT2D eigenvalue weighted by Gasteiger charge is -2.04. The molecule has 0 spiro atoms. The number of hydrogen-bond acceptors (Lipinski definition) is 2. The normalized spacial score (nSPS) is 9.55. The average molecular weight is 314 g/mol. The summed E-state index contributed by atoms with van der Waals surface area (Å²) in [4.78, 5) is 11.5. The molecule has 0 atom stereocenters. The molecule has 3 nitrogen and oxygen atoms in total. The van der Waals surface area contributed by atoms with Gasteiger partial charge in [-0.05, 0) is 24.1 Å². The van der Waals surface area contributed by atoms with Crippen molar-refractivity contribution >= 4 is 17.7 Å². The summed E-state index contributed by atoms with van der Waals surface area (Å²) >= 11 is 6.14. The van der Waals surface area contributed by atoms with Crippen LogP contribution in [0.15, 0.2) is 48.5 Å². The number of nitrogens with one attached hydrogen (secondary N) is 1. The fourth-order valence-electron chi connectivity index (χ4n) is 1.77. The summed E-state index contributed by atoms with van der Waals surface area (Å²) < 4.78 is 5.08. The van der Waals surface area contributed by atoms with E-state index < -0.39 is 6.09 Å². The smallest absolute Gasteiger partial charge is 0.408 e. The Balaban J connectivity index is 1.78. The van der Waals surface area contributed by atoms with E-state index in [-0.39, 0.29) is 13.2 Å². The fraction of sp³-hybridized carbons (Fsp3) is 0.167. The predicted octanol–water partition coefficient (Wildman–Crippen LogP) is 3.93. The number of aryl methyl sites for hydroxylation is 1. The summed E-state index contributed by atoms with van der Waals surface area (Å²) in [5.74, 6) is 5.78. The molecule has 22 heavy (non-hydrogen) atoms. The molecule has 0 heterocycles. The standard InChI is InChI=1S/C18H16ClNO2/c1-14-7-5-10-16(17(14)19)11-6-12-20-18(21)22-13-15-8-3-2-4-9-15/h2-5,7-10H,12-13H2,1H3,(H,20,21). The molecule has 1 N–H and O–H groups in total. The zero-order valence-electron chi connectivity index (χ0n) is 12.2. The molecule has 0 aromatic heterocycles. The maximum Gasteiger partial charge on any atom is 0.408 e. The molecule has 0 saturated carbocycles. The van der Waals surface area contributed by atoms with Crippen molar-refractivity contribution in [2.45, 2.75) is 13.5 Å². The molecule has 0 aliphatic rings. The number of halogens is 1. The van der Waals surface area contributed by atoms with Crippen LogP contribution in [0.3, 0.4) is 0 Å². The molecular weight excluding hydrogens is 298 g/mol. The van der Waals surface area contributed by atoms with E-state index in [1.54, 1.807) is 0 Å². The van der Waals surface area contributed by atoms with Gasteiger partial charge in [0.25, 0.3) is 0 Å². The van der Waals surface area contributed by atoms with Gasteiger partial charge < -0.3 is 10.1 Å². The van der Waals surface area contributed by atoms with E-state index >= 15 is 0 Å². The Morgan fingerprint density at radius 3 is 2.73 bits per heavy atom. The van der Waals surface area contributed by atoms with Crippen molar-refractivity contribution in [3.05, 3.63) is 70.2 Å². The highest BCUT2D eigenvalue weighted by Crippen LogP contribution is 2.18. The minimum Gasteiger partial charge on any atom is -0.445 e. The second-order valence-corrected chi connectivity index (χ2v) is 5.03. The van der Waals surface area contributed by atoms with Crippen LogP contribution in [0.2, 0.25) is 5.02 Å². The summed E-state index contributed by atoms with van der Waals surface area (Å²) in [6.45, 7) is 2.37. The maximum absolute atomic E-state index is 11.5. The quantitative estimate of drug-likeness (QED) is 0.872. The molecular formula is C18H16ClNO2. The Morgan fingerprint density at radius 1 is 1.18 bits per heavy atom. The first-order valence-electron chi connectivity index (χ1n) is 6.85. The molecule has 0 aliphatic carbocycles. The number of carbonyl (C=O) groups excluding carboxylic acids is 1. The number of rotatable bonds is 3. The van der Waals surface area contributed by atoms with Gasteiger partial charge in [0, 0.05) is 5.56 Å². The Labute approximate surface area is 135 Å². The van der Waals surface area contributed by atoms with Crippen LogP contribution >= 0.6 is 11.6 Å². The number of carbonyl (C=O) groups is 1. The molecule has 0 fully saturated rings. The van der Waals surface area contributed by atoms with Crippen molar-refractivity contribution in [1.29, 1.82) is 0 Å². The molecule has 2 aromatic carbocycles. The third kappa shape index (κ3) is 4.83. The van der Waals surface area contributed by atoms with E-state index in [4.69, 9.17) is 16.3 Å². The van der Waals surface area contributed by atoms with Gasteiger partial charge in [0.15, 0.2) is 0 Å². The van der Waals surface area contributed by atoms with Crippen LogP contribution in [-0.2, 0) is 11.3 Å². The maximum atomic E-state index is 11.5. The van der Waals surface area contributed by atoms with Crippen molar-refractivity contribution in [1.82, 2.24) is 5.32 Å². The Kier molecular flexibility index (Phi) is 5.88. The van der Waals surface area contributed by atoms with Crippen molar-refractivity contribution in [2.24, 2.45) is 0 Å². The van der Waals surface area contributed by atoms with Crippen LogP contribution in [0.1, 0.15) is 16.7 Å². The highest BCUT2D eigenvalue weighted by Gasteiger charge is 2.01. The van der Waals surface area contributed by atoms with Crippen molar-refractivity contribution in [3.8, 4) is 11.8 Å². The summed E-state index contributed by atoms with van der Waals surface area (Å²) in [5.41, 5.74) is 2.67. The lowest BCUT2D eigenvalue weighted by molar-refractivity contribution is 0.141. The minimum absolute atomic E-state index is 0.206. The fourth-order valence-corrected chi connectivity index (χ4v) is 1.95. The molecule has 0 unspecified atom stereocenters. The monoisotopic (exact) mass is 313 g/mol. The number of alkyl carbamates (subject to hydrolysis) is 1. The summed E-state index contributed by atoms with van der Waals surface area (Å²) in [6, 6.07) is 15.2. The number of benzene rings is 2. The van der Waals surface area contributed by atoms with Gasteiger partial charge >= 0.3 is 6.09 Å². The van der Waals surface area contributed by atoms with Crippen LogP contribution in [0.5, 0.6) is 0 Å². The minimum atomic E-state index is -0.492. The third-order valence-corrected chi connectivity index (χ3v) is 3.45. The van der Waals surface area contributed by atoms with E-state index in [2.05, 4.69) is 17.2 Å². The van der Waals surface area contributed by atoms with Gasteiger partial charge in [0.1, 0.15) is 6.61 Å². The molecule has 2 aromatic rings. The third-order valence-electron chi connectivity index (χ3n) is 2.95. The molecule has 1 amide bonds. The summed E-state index contributed by atoms with van der Waals surface area (Å²) in [7, 11) is 0. The second kappa shape index (κ2) is 8.11. The predicted molar refractivity (Wildman–Crippen MR) is 87.7 cm³/mol. The Bertz CT molecular complexity index is 702. The molecule has 112 valence electrons. The highest BCUT2D eigenvalue weighted by atomic mass is 35.5. The van der Waals surface area contributed by atoms with Gasteiger partial charge in [-0.15, -0.1) is 0 Å². The van der Waals surface area contributed by atoms with Crippen molar-refractivity contribution in [3.63, 3.8) is 0 Å². The zero-order chi connectivity index (χ0) is 15.8. The number of hydrogen-bond donors (Lipinski definition) is 1. The van der Waals surface area contributed by atoms with Crippen LogP contribution < -0.4 is 5.32 Å². The van der Waals surface area contributed by atoms with E-state index in [1.165, 1.54) is 0 Å². The topological polar surface area (TPSA) is 38.3 Å². The molecule has 0 radical (unpaired) electrons. The first-order chi connectivity index (χ1) is 10.7. The molecule has 2 rings (SSSR count). The highest BCUT2D eigenvalue weighted by molar-refractivity contribution is 6.32. The van der Waals surface area contributed by atoms with E-state index in [9.17, 15) is 4.79 Å². The van der Waals surface area contributed by atoms with E-state index in [1.807, 2.05) is 55.5 Å². The second-order valence-electron chi connectivity index (χ2n) is 4.65. The molecule has 0 aliphatic heterocycles. The largest absolute Gasteiger partial charge is 0.445 e.